The van der Waals surface area contributed by atoms with Crippen LogP contribution in [0.15, 0.2) is 12.3 Å². The summed E-state index contributed by atoms with van der Waals surface area (Å²) in [6.45, 7) is 7.59. The fraction of sp³-hybridized carbons (Fsp3) is 0.714. The van der Waals surface area contributed by atoms with Crippen LogP contribution >= 0.6 is 24.8 Å². The summed E-state index contributed by atoms with van der Waals surface area (Å²) >= 11 is 0. The van der Waals surface area contributed by atoms with Crippen LogP contribution in [0.3, 0.4) is 0 Å². The van der Waals surface area contributed by atoms with E-state index >= 15 is 0 Å². The first kappa shape index (κ1) is 20.2. The number of rotatable bonds is 2. The number of aromatic amines is 1. The molecule has 1 atom stereocenters. The first-order chi connectivity index (χ1) is 8.89. The fourth-order valence-corrected chi connectivity index (χ4v) is 2.47. The Morgan fingerprint density at radius 2 is 1.95 bits per heavy atom. The third-order valence-corrected chi connectivity index (χ3v) is 3.97. The van der Waals surface area contributed by atoms with Gasteiger partial charge in [0, 0.05) is 30.9 Å². The molecule has 1 aliphatic heterocycles. The predicted octanol–water partition coefficient (Wildman–Crippen LogP) is 2.33. The van der Waals surface area contributed by atoms with Gasteiger partial charge in [-0.3, -0.25) is 9.89 Å². The van der Waals surface area contributed by atoms with E-state index in [9.17, 15) is 4.79 Å². The lowest BCUT2D eigenvalue weighted by molar-refractivity contribution is -0.136. The zero-order valence-corrected chi connectivity index (χ0v) is 14.5. The zero-order chi connectivity index (χ0) is 14.0. The quantitative estimate of drug-likeness (QED) is 0.870. The monoisotopic (exact) mass is 336 g/mol. The van der Waals surface area contributed by atoms with Crippen molar-refractivity contribution >= 4 is 30.7 Å². The lowest BCUT2D eigenvalue weighted by Gasteiger charge is -2.36. The Morgan fingerprint density at radius 3 is 2.38 bits per heavy atom. The van der Waals surface area contributed by atoms with Gasteiger partial charge in [0.15, 0.2) is 0 Å². The number of carbonyl (C=O) groups excluding carboxylic acids is 1. The first-order valence-corrected chi connectivity index (χ1v) is 6.93. The molecule has 1 aromatic rings. The van der Waals surface area contributed by atoms with Crippen molar-refractivity contribution in [1.82, 2.24) is 15.1 Å². The molecular formula is C14H26Cl2N4O. The standard InChI is InChI=1S/C14H24N4O.2ClH/c1-14(2,3)12(15)13(19)18-8-5-10(6-9-18)11-4-7-16-17-11;;/h4,7,10,12H,5-6,8-9,15H2,1-3H3,(H,16,17);2*1H/t12-;;/m1../s1. The molecule has 1 amide bonds. The molecule has 0 spiro atoms. The van der Waals surface area contributed by atoms with Crippen molar-refractivity contribution < 1.29 is 4.79 Å². The van der Waals surface area contributed by atoms with Crippen LogP contribution in [-0.2, 0) is 4.79 Å². The van der Waals surface area contributed by atoms with E-state index in [4.69, 9.17) is 5.73 Å². The number of hydrogen-bond donors (Lipinski definition) is 2. The summed E-state index contributed by atoms with van der Waals surface area (Å²) in [7, 11) is 0. The normalized spacial score (nSPS) is 17.6. The minimum atomic E-state index is -0.420. The minimum Gasteiger partial charge on any atom is -0.341 e. The van der Waals surface area contributed by atoms with E-state index in [1.54, 1.807) is 6.20 Å². The molecule has 0 aromatic carbocycles. The highest BCUT2D eigenvalue weighted by Gasteiger charge is 2.33. The molecule has 1 aromatic heterocycles. The molecule has 0 radical (unpaired) electrons. The topological polar surface area (TPSA) is 75.0 Å². The van der Waals surface area contributed by atoms with Gasteiger partial charge >= 0.3 is 0 Å². The van der Waals surface area contributed by atoms with Crippen LogP contribution in [0.1, 0.15) is 45.2 Å². The van der Waals surface area contributed by atoms with E-state index in [0.717, 1.165) is 25.9 Å². The van der Waals surface area contributed by atoms with Gasteiger partial charge in [-0.25, -0.2) is 0 Å². The number of aromatic nitrogens is 2. The van der Waals surface area contributed by atoms with Crippen molar-refractivity contribution in [2.75, 3.05) is 13.1 Å². The van der Waals surface area contributed by atoms with Crippen molar-refractivity contribution in [2.24, 2.45) is 11.1 Å². The molecule has 3 N–H and O–H groups in total. The summed E-state index contributed by atoms with van der Waals surface area (Å²) in [5, 5.41) is 7.01. The van der Waals surface area contributed by atoms with Gasteiger partial charge in [0.2, 0.25) is 5.91 Å². The second-order valence-corrected chi connectivity index (χ2v) is 6.46. The molecule has 1 saturated heterocycles. The zero-order valence-electron chi connectivity index (χ0n) is 12.8. The number of H-pyrrole nitrogens is 1. The summed E-state index contributed by atoms with van der Waals surface area (Å²) < 4.78 is 0. The Labute approximate surface area is 138 Å². The van der Waals surface area contributed by atoms with Crippen molar-refractivity contribution in [3.8, 4) is 0 Å². The molecule has 5 nitrogen and oxygen atoms in total. The van der Waals surface area contributed by atoms with Crippen LogP contribution in [0.2, 0.25) is 0 Å². The maximum absolute atomic E-state index is 12.3. The Morgan fingerprint density at radius 1 is 1.38 bits per heavy atom. The van der Waals surface area contributed by atoms with Gasteiger partial charge in [-0.1, -0.05) is 20.8 Å². The fourth-order valence-electron chi connectivity index (χ4n) is 2.47. The summed E-state index contributed by atoms with van der Waals surface area (Å²) in [4.78, 5) is 14.2. The molecule has 1 fully saturated rings. The third-order valence-electron chi connectivity index (χ3n) is 3.97. The highest BCUT2D eigenvalue weighted by Crippen LogP contribution is 2.28. The number of nitrogens with two attached hydrogens (primary N) is 1. The number of piperidine rings is 1. The largest absolute Gasteiger partial charge is 0.341 e. The van der Waals surface area contributed by atoms with Crippen molar-refractivity contribution in [1.29, 1.82) is 0 Å². The lowest BCUT2D eigenvalue weighted by Crippen LogP contribution is -2.52. The molecule has 1 aliphatic rings. The minimum absolute atomic E-state index is 0. The van der Waals surface area contributed by atoms with Crippen molar-refractivity contribution in [3.63, 3.8) is 0 Å². The average molecular weight is 337 g/mol. The number of hydrogen-bond acceptors (Lipinski definition) is 3. The Kier molecular flexibility index (Phi) is 7.71. The number of amides is 1. The number of halogens is 2. The lowest BCUT2D eigenvalue weighted by atomic mass is 9.85. The van der Waals surface area contributed by atoms with E-state index in [1.807, 2.05) is 31.7 Å². The van der Waals surface area contributed by atoms with E-state index in [0.29, 0.717) is 5.92 Å². The molecule has 0 aliphatic carbocycles. The molecule has 0 unspecified atom stereocenters. The molecule has 0 bridgehead atoms. The van der Waals surface area contributed by atoms with Gasteiger partial charge in [0.05, 0.1) is 6.04 Å². The van der Waals surface area contributed by atoms with Gasteiger partial charge in [0.1, 0.15) is 0 Å². The van der Waals surface area contributed by atoms with Crippen LogP contribution in [0.4, 0.5) is 0 Å². The van der Waals surface area contributed by atoms with E-state index in [-0.39, 0.29) is 36.1 Å². The van der Waals surface area contributed by atoms with Crippen molar-refractivity contribution in [3.05, 3.63) is 18.0 Å². The second kappa shape index (κ2) is 8.01. The van der Waals surface area contributed by atoms with Crippen molar-refractivity contribution in [2.45, 2.75) is 45.6 Å². The average Bonchev–Trinajstić information content (AvgIpc) is 2.90. The maximum Gasteiger partial charge on any atom is 0.240 e. The third kappa shape index (κ3) is 4.87. The van der Waals surface area contributed by atoms with E-state index in [2.05, 4.69) is 10.2 Å². The number of nitrogens with one attached hydrogen (secondary N) is 1. The van der Waals surface area contributed by atoms with Gasteiger partial charge in [-0.2, -0.15) is 5.10 Å². The molecule has 7 heteroatoms. The summed E-state index contributed by atoms with van der Waals surface area (Å²) in [5.41, 5.74) is 7.04. The molecule has 21 heavy (non-hydrogen) atoms. The smallest absolute Gasteiger partial charge is 0.240 e. The molecular weight excluding hydrogens is 311 g/mol. The van der Waals surface area contributed by atoms with E-state index in [1.165, 1.54) is 5.69 Å². The SMILES string of the molecule is CC(C)(C)[C@H](N)C(=O)N1CCC(c2ccn[nH]2)CC1.Cl.Cl. The highest BCUT2D eigenvalue weighted by molar-refractivity contribution is 5.85. The first-order valence-electron chi connectivity index (χ1n) is 6.93. The Hall–Kier alpha value is -0.780. The molecule has 2 rings (SSSR count). The second-order valence-electron chi connectivity index (χ2n) is 6.46. The van der Waals surface area contributed by atoms with Crippen LogP contribution in [0.5, 0.6) is 0 Å². The Bertz CT molecular complexity index is 423. The van der Waals surface area contributed by atoms with Gasteiger partial charge < -0.3 is 10.6 Å². The number of nitrogens with zero attached hydrogens (tertiary/aromatic N) is 2. The summed E-state index contributed by atoms with van der Waals surface area (Å²) in [5.74, 6) is 0.563. The van der Waals surface area contributed by atoms with Gasteiger partial charge in [-0.05, 0) is 24.3 Å². The van der Waals surface area contributed by atoms with Gasteiger partial charge in [-0.15, -0.1) is 24.8 Å². The van der Waals surface area contributed by atoms with Crippen LogP contribution in [0, 0.1) is 5.41 Å². The van der Waals surface area contributed by atoms with Crippen LogP contribution < -0.4 is 5.73 Å². The number of carbonyl (C=O) groups is 1. The molecule has 122 valence electrons. The summed E-state index contributed by atoms with van der Waals surface area (Å²) in [6, 6.07) is 1.60. The van der Waals surface area contributed by atoms with Crippen LogP contribution in [-0.4, -0.2) is 40.1 Å². The maximum atomic E-state index is 12.3. The number of likely N-dealkylation sites (tertiary alicyclic amines) is 1. The molecule has 0 saturated carbocycles. The van der Waals surface area contributed by atoms with E-state index < -0.39 is 6.04 Å². The molecule has 2 heterocycles. The summed E-state index contributed by atoms with van der Waals surface area (Å²) in [6.07, 6.45) is 3.73. The van der Waals surface area contributed by atoms with Crippen LogP contribution in [0.25, 0.3) is 0 Å². The predicted molar refractivity (Wildman–Crippen MR) is 89.1 cm³/mol. The highest BCUT2D eigenvalue weighted by atomic mass is 35.5. The Balaban J connectivity index is 0.00000200. The van der Waals surface area contributed by atoms with Gasteiger partial charge in [0.25, 0.3) is 0 Å².